The first kappa shape index (κ1) is 15.2. The standard InChI is InChI=1S/C13H26N2O2Si/c1-9(2)13(5)11(16)14(10(3)4)12(17)15(13)18(6,7)8/h9-10H,1-8H3. The van der Waals surface area contributed by atoms with Crippen molar-refractivity contribution in [3.63, 3.8) is 0 Å². The van der Waals surface area contributed by atoms with Gasteiger partial charge in [0.2, 0.25) is 0 Å². The van der Waals surface area contributed by atoms with Crippen LogP contribution in [0.3, 0.4) is 0 Å². The van der Waals surface area contributed by atoms with Crippen molar-refractivity contribution in [2.75, 3.05) is 0 Å². The van der Waals surface area contributed by atoms with Crippen LogP contribution in [-0.2, 0) is 4.79 Å². The van der Waals surface area contributed by atoms with Gasteiger partial charge in [0.25, 0.3) is 5.91 Å². The molecule has 0 spiro atoms. The summed E-state index contributed by atoms with van der Waals surface area (Å²) in [4.78, 5) is 26.7. The van der Waals surface area contributed by atoms with Crippen LogP contribution in [0.5, 0.6) is 0 Å². The van der Waals surface area contributed by atoms with Gasteiger partial charge in [0.05, 0.1) is 0 Å². The van der Waals surface area contributed by atoms with Gasteiger partial charge in [-0.1, -0.05) is 33.5 Å². The predicted octanol–water partition coefficient (Wildman–Crippen LogP) is 2.91. The zero-order valence-electron chi connectivity index (χ0n) is 12.9. The molecule has 1 unspecified atom stereocenters. The minimum absolute atomic E-state index is 0.0417. The lowest BCUT2D eigenvalue weighted by atomic mass is 9.88. The van der Waals surface area contributed by atoms with Crippen molar-refractivity contribution >= 4 is 20.2 Å². The molecular weight excluding hydrogens is 244 g/mol. The highest BCUT2D eigenvalue weighted by atomic mass is 28.3. The first-order valence-electron chi connectivity index (χ1n) is 6.63. The largest absolute Gasteiger partial charge is 0.338 e. The highest BCUT2D eigenvalue weighted by molar-refractivity contribution is 6.76. The maximum Gasteiger partial charge on any atom is 0.319 e. The van der Waals surface area contributed by atoms with Gasteiger partial charge in [-0.25, -0.2) is 4.79 Å². The number of carbonyl (C=O) groups is 2. The molecule has 0 aromatic carbocycles. The van der Waals surface area contributed by atoms with E-state index in [0.717, 1.165) is 0 Å². The number of rotatable bonds is 3. The molecule has 0 N–H and O–H groups in total. The third-order valence-electron chi connectivity index (χ3n) is 3.83. The van der Waals surface area contributed by atoms with Crippen LogP contribution in [0.25, 0.3) is 0 Å². The van der Waals surface area contributed by atoms with Crippen molar-refractivity contribution in [1.29, 1.82) is 0 Å². The highest BCUT2D eigenvalue weighted by Crippen LogP contribution is 2.38. The van der Waals surface area contributed by atoms with Crippen LogP contribution in [0.4, 0.5) is 4.79 Å². The molecule has 0 aromatic heterocycles. The highest BCUT2D eigenvalue weighted by Gasteiger charge is 2.59. The first-order valence-corrected chi connectivity index (χ1v) is 10.1. The Bertz CT molecular complexity index is 374. The third kappa shape index (κ3) is 1.98. The van der Waals surface area contributed by atoms with Gasteiger partial charge in [-0.05, 0) is 26.7 Å². The van der Waals surface area contributed by atoms with Crippen LogP contribution in [0.2, 0.25) is 19.6 Å². The van der Waals surface area contributed by atoms with E-state index in [1.54, 1.807) is 0 Å². The summed E-state index contributed by atoms with van der Waals surface area (Å²) in [7, 11) is -1.89. The molecule has 1 aliphatic heterocycles. The molecule has 0 radical (unpaired) electrons. The lowest BCUT2D eigenvalue weighted by Crippen LogP contribution is -2.61. The number of hydrogen-bond donors (Lipinski definition) is 0. The molecule has 104 valence electrons. The summed E-state index contributed by atoms with van der Waals surface area (Å²) in [5.74, 6) is 0.0735. The van der Waals surface area contributed by atoms with Gasteiger partial charge in [0, 0.05) is 6.04 Å². The molecule has 5 heteroatoms. The number of hydrogen-bond acceptors (Lipinski definition) is 2. The minimum atomic E-state index is -1.89. The summed E-state index contributed by atoms with van der Waals surface area (Å²) in [5, 5.41) is 0. The van der Waals surface area contributed by atoms with Crippen molar-refractivity contribution in [2.45, 2.75) is 65.8 Å². The lowest BCUT2D eigenvalue weighted by Gasteiger charge is -2.42. The quantitative estimate of drug-likeness (QED) is 0.584. The Morgan fingerprint density at radius 2 is 1.50 bits per heavy atom. The third-order valence-corrected chi connectivity index (χ3v) is 5.82. The fourth-order valence-electron chi connectivity index (χ4n) is 2.68. The summed E-state index contributed by atoms with van der Waals surface area (Å²) in [6.45, 7) is 16.1. The van der Waals surface area contributed by atoms with Gasteiger partial charge in [0.1, 0.15) is 5.54 Å². The minimum Gasteiger partial charge on any atom is -0.338 e. The average Bonchev–Trinajstić information content (AvgIpc) is 2.34. The van der Waals surface area contributed by atoms with Gasteiger partial charge in [-0.2, -0.15) is 0 Å². The SMILES string of the molecule is CC(C)N1C(=O)N([Si](C)(C)C)C(C)(C(C)C)C1=O. The number of nitrogens with zero attached hydrogens (tertiary/aromatic N) is 2. The Kier molecular flexibility index (Phi) is 3.69. The first-order chi connectivity index (χ1) is 7.95. The lowest BCUT2D eigenvalue weighted by molar-refractivity contribution is -0.134. The topological polar surface area (TPSA) is 40.6 Å². The Morgan fingerprint density at radius 3 is 1.72 bits per heavy atom. The number of amides is 3. The fraction of sp³-hybridized carbons (Fsp3) is 0.846. The van der Waals surface area contributed by atoms with Crippen molar-refractivity contribution in [2.24, 2.45) is 5.92 Å². The summed E-state index contributed by atoms with van der Waals surface area (Å²) in [6, 6.07) is -0.185. The maximum absolute atomic E-state index is 12.7. The van der Waals surface area contributed by atoms with Gasteiger partial charge < -0.3 is 4.57 Å². The molecule has 4 nitrogen and oxygen atoms in total. The van der Waals surface area contributed by atoms with E-state index in [1.165, 1.54) is 4.90 Å². The summed E-state index contributed by atoms with van der Waals surface area (Å²) < 4.78 is 1.88. The molecule has 1 heterocycles. The van der Waals surface area contributed by atoms with Crippen molar-refractivity contribution in [3.8, 4) is 0 Å². The second-order valence-electron chi connectivity index (χ2n) is 6.86. The predicted molar refractivity (Wildman–Crippen MR) is 75.8 cm³/mol. The fourth-order valence-corrected chi connectivity index (χ4v) is 5.11. The summed E-state index contributed by atoms with van der Waals surface area (Å²) >= 11 is 0. The molecule has 0 aromatic rings. The normalized spacial score (nSPS) is 25.9. The van der Waals surface area contributed by atoms with Gasteiger partial charge in [-0.3, -0.25) is 9.69 Å². The Morgan fingerprint density at radius 1 is 1.06 bits per heavy atom. The average molecular weight is 270 g/mol. The zero-order valence-corrected chi connectivity index (χ0v) is 13.9. The van der Waals surface area contributed by atoms with E-state index in [0.29, 0.717) is 0 Å². The number of imide groups is 1. The van der Waals surface area contributed by atoms with Crippen LogP contribution >= 0.6 is 0 Å². The van der Waals surface area contributed by atoms with E-state index >= 15 is 0 Å². The molecular formula is C13H26N2O2Si. The smallest absolute Gasteiger partial charge is 0.319 e. The number of carbonyl (C=O) groups excluding carboxylic acids is 2. The van der Waals surface area contributed by atoms with Crippen LogP contribution in [0, 0.1) is 5.92 Å². The van der Waals surface area contributed by atoms with E-state index in [1.807, 2.05) is 39.2 Å². The Hall–Kier alpha value is -0.843. The second-order valence-corrected chi connectivity index (χ2v) is 11.6. The summed E-state index contributed by atoms with van der Waals surface area (Å²) in [5.41, 5.74) is -0.689. The molecule has 3 amide bonds. The van der Waals surface area contributed by atoms with Crippen molar-refractivity contribution in [3.05, 3.63) is 0 Å². The Balaban J connectivity index is 3.39. The van der Waals surface area contributed by atoms with Crippen LogP contribution in [0.15, 0.2) is 0 Å². The van der Waals surface area contributed by atoms with E-state index in [2.05, 4.69) is 19.6 Å². The van der Waals surface area contributed by atoms with E-state index < -0.39 is 13.8 Å². The van der Waals surface area contributed by atoms with Gasteiger partial charge >= 0.3 is 6.03 Å². The van der Waals surface area contributed by atoms with Crippen LogP contribution in [0.1, 0.15) is 34.6 Å². The van der Waals surface area contributed by atoms with Crippen molar-refractivity contribution < 1.29 is 9.59 Å². The second kappa shape index (κ2) is 4.37. The number of urea groups is 1. The molecule has 1 saturated heterocycles. The van der Waals surface area contributed by atoms with Gasteiger partial charge in [0.15, 0.2) is 8.24 Å². The molecule has 1 atom stereocenters. The molecule has 1 aliphatic rings. The zero-order chi connectivity index (χ0) is 14.5. The molecule has 1 fully saturated rings. The molecule has 0 saturated carbocycles. The monoisotopic (exact) mass is 270 g/mol. The molecule has 1 rings (SSSR count). The Labute approximate surface area is 111 Å². The van der Waals surface area contributed by atoms with Gasteiger partial charge in [-0.15, -0.1) is 0 Å². The van der Waals surface area contributed by atoms with E-state index in [9.17, 15) is 9.59 Å². The maximum atomic E-state index is 12.7. The van der Waals surface area contributed by atoms with E-state index in [-0.39, 0.29) is 23.9 Å². The van der Waals surface area contributed by atoms with Crippen LogP contribution < -0.4 is 0 Å². The molecule has 18 heavy (non-hydrogen) atoms. The summed E-state index contributed by atoms with van der Waals surface area (Å²) in [6.07, 6.45) is 0. The van der Waals surface area contributed by atoms with E-state index in [4.69, 9.17) is 0 Å². The molecule has 0 bridgehead atoms. The molecule has 0 aliphatic carbocycles. The van der Waals surface area contributed by atoms with Crippen LogP contribution in [-0.4, -0.2) is 41.2 Å². The van der Waals surface area contributed by atoms with Crippen molar-refractivity contribution in [1.82, 2.24) is 9.47 Å².